The summed E-state index contributed by atoms with van der Waals surface area (Å²) in [4.78, 5) is 27.7. The van der Waals surface area contributed by atoms with Crippen LogP contribution in [0.25, 0.3) is 0 Å². The Balaban J connectivity index is 1.43. The summed E-state index contributed by atoms with van der Waals surface area (Å²) in [6.45, 7) is 4.46. The molecule has 2 fully saturated rings. The number of carbonyl (C=O) groups excluding carboxylic acids is 2. The lowest BCUT2D eigenvalue weighted by atomic mass is 9.84. The minimum Gasteiger partial charge on any atom is -0.376 e. The summed E-state index contributed by atoms with van der Waals surface area (Å²) in [6.07, 6.45) is 6.35. The predicted molar refractivity (Wildman–Crippen MR) is 113 cm³/mol. The maximum Gasteiger partial charge on any atom is 0.235 e. The van der Waals surface area contributed by atoms with Crippen molar-refractivity contribution in [3.63, 3.8) is 0 Å². The normalized spacial score (nSPS) is 23.6. The largest absolute Gasteiger partial charge is 0.376 e. The van der Waals surface area contributed by atoms with Crippen LogP contribution in [-0.4, -0.2) is 54.4 Å². The standard InChI is InChI=1S/C21H31ClN2O3S/c1-15-9-13-28-18(15)5-2-6-20(26)24-10-7-16(8-11-24)21-17(4-3-12-27-21)23-19(25)14-22/h9,13,16-17,21H,2-8,10-12,14H2,1H3,(H,23,25). The summed E-state index contributed by atoms with van der Waals surface area (Å²) in [5.41, 5.74) is 1.33. The molecule has 3 rings (SSSR count). The Morgan fingerprint density at radius 1 is 1.32 bits per heavy atom. The molecule has 2 aliphatic rings. The van der Waals surface area contributed by atoms with E-state index in [1.54, 1.807) is 11.3 Å². The smallest absolute Gasteiger partial charge is 0.235 e. The van der Waals surface area contributed by atoms with Gasteiger partial charge in [0, 0.05) is 31.0 Å². The number of hydrogen-bond donors (Lipinski definition) is 1. The molecule has 2 unspecified atom stereocenters. The molecule has 2 aliphatic heterocycles. The van der Waals surface area contributed by atoms with Gasteiger partial charge in [-0.25, -0.2) is 0 Å². The average molecular weight is 427 g/mol. The molecule has 1 N–H and O–H groups in total. The maximum atomic E-state index is 12.6. The maximum absolute atomic E-state index is 12.6. The topological polar surface area (TPSA) is 58.6 Å². The van der Waals surface area contributed by atoms with Gasteiger partial charge in [0.15, 0.2) is 0 Å². The first-order valence-electron chi connectivity index (χ1n) is 10.4. The van der Waals surface area contributed by atoms with Crippen molar-refractivity contribution in [2.75, 3.05) is 25.6 Å². The van der Waals surface area contributed by atoms with Gasteiger partial charge in [-0.05, 0) is 68.4 Å². The fourth-order valence-corrected chi connectivity index (χ4v) is 5.39. The molecule has 0 spiro atoms. The van der Waals surface area contributed by atoms with E-state index in [4.69, 9.17) is 16.3 Å². The van der Waals surface area contributed by atoms with E-state index in [0.29, 0.717) is 12.3 Å². The third kappa shape index (κ3) is 5.71. The monoisotopic (exact) mass is 426 g/mol. The van der Waals surface area contributed by atoms with Gasteiger partial charge in [-0.1, -0.05) is 0 Å². The molecule has 0 aromatic carbocycles. The van der Waals surface area contributed by atoms with Crippen molar-refractivity contribution in [1.29, 1.82) is 0 Å². The second kappa shape index (κ2) is 10.6. The Hall–Kier alpha value is -1.11. The van der Waals surface area contributed by atoms with Gasteiger partial charge in [-0.2, -0.15) is 0 Å². The number of nitrogens with zero attached hydrogens (tertiary/aromatic N) is 1. The van der Waals surface area contributed by atoms with Crippen molar-refractivity contribution in [3.8, 4) is 0 Å². The third-order valence-corrected chi connectivity index (χ3v) is 7.28. The Bertz CT molecular complexity index is 658. The molecule has 2 amide bonds. The predicted octanol–water partition coefficient (Wildman–Crippen LogP) is 3.52. The minimum absolute atomic E-state index is 0.0127. The number of alkyl halides is 1. The Kier molecular flexibility index (Phi) is 8.18. The van der Waals surface area contributed by atoms with Crippen molar-refractivity contribution in [2.45, 2.75) is 64.0 Å². The highest BCUT2D eigenvalue weighted by Gasteiger charge is 2.36. The molecule has 28 heavy (non-hydrogen) atoms. The quantitative estimate of drug-likeness (QED) is 0.678. The van der Waals surface area contributed by atoms with Crippen LogP contribution in [-0.2, 0) is 20.7 Å². The second-order valence-corrected chi connectivity index (χ2v) is 9.15. The van der Waals surface area contributed by atoms with Gasteiger partial charge < -0.3 is 15.0 Å². The lowest BCUT2D eigenvalue weighted by Gasteiger charge is -2.41. The van der Waals surface area contributed by atoms with Gasteiger partial charge in [0.05, 0.1) is 12.1 Å². The molecule has 5 nitrogen and oxygen atoms in total. The molecule has 1 aromatic heterocycles. The average Bonchev–Trinajstić information content (AvgIpc) is 3.13. The number of halogens is 1. The Morgan fingerprint density at radius 3 is 2.79 bits per heavy atom. The zero-order valence-corrected chi connectivity index (χ0v) is 18.2. The number of carbonyl (C=O) groups is 2. The highest BCUT2D eigenvalue weighted by Crippen LogP contribution is 2.29. The lowest BCUT2D eigenvalue weighted by Crippen LogP contribution is -2.53. The van der Waals surface area contributed by atoms with E-state index in [9.17, 15) is 9.59 Å². The van der Waals surface area contributed by atoms with Gasteiger partial charge in [0.2, 0.25) is 11.8 Å². The van der Waals surface area contributed by atoms with Crippen molar-refractivity contribution < 1.29 is 14.3 Å². The first-order chi connectivity index (χ1) is 13.6. The van der Waals surface area contributed by atoms with Crippen LogP contribution in [0, 0.1) is 12.8 Å². The van der Waals surface area contributed by atoms with Crippen LogP contribution < -0.4 is 5.32 Å². The molecule has 7 heteroatoms. The number of rotatable bonds is 7. The number of thiophene rings is 1. The number of aryl methyl sites for hydroxylation is 2. The lowest BCUT2D eigenvalue weighted by molar-refractivity contribution is -0.134. The molecular weight excluding hydrogens is 396 g/mol. The van der Waals surface area contributed by atoms with Gasteiger partial charge in [-0.3, -0.25) is 9.59 Å². The first kappa shape index (κ1) is 21.6. The highest BCUT2D eigenvalue weighted by molar-refractivity contribution is 7.10. The zero-order valence-electron chi connectivity index (χ0n) is 16.6. The molecule has 1 aromatic rings. The van der Waals surface area contributed by atoms with E-state index < -0.39 is 0 Å². The first-order valence-corrected chi connectivity index (χ1v) is 11.8. The Morgan fingerprint density at radius 2 is 2.11 bits per heavy atom. The number of piperidine rings is 1. The Labute approximate surface area is 176 Å². The van der Waals surface area contributed by atoms with Gasteiger partial charge >= 0.3 is 0 Å². The van der Waals surface area contributed by atoms with Crippen LogP contribution in [0.3, 0.4) is 0 Å². The molecule has 0 bridgehead atoms. The fourth-order valence-electron chi connectivity index (χ4n) is 4.36. The highest BCUT2D eigenvalue weighted by atomic mass is 35.5. The fraction of sp³-hybridized carbons (Fsp3) is 0.714. The molecule has 2 saturated heterocycles. The van der Waals surface area contributed by atoms with Crippen LogP contribution in [0.2, 0.25) is 0 Å². The number of amides is 2. The summed E-state index contributed by atoms with van der Waals surface area (Å²) in [5, 5.41) is 5.14. The van der Waals surface area contributed by atoms with Crippen LogP contribution in [0.5, 0.6) is 0 Å². The van der Waals surface area contributed by atoms with Crippen LogP contribution in [0.1, 0.15) is 49.0 Å². The molecule has 0 saturated carbocycles. The molecule has 156 valence electrons. The summed E-state index contributed by atoms with van der Waals surface area (Å²) < 4.78 is 6.03. The molecule has 0 radical (unpaired) electrons. The second-order valence-electron chi connectivity index (χ2n) is 7.88. The van der Waals surface area contributed by atoms with E-state index in [2.05, 4.69) is 23.7 Å². The number of hydrogen-bond acceptors (Lipinski definition) is 4. The van der Waals surface area contributed by atoms with E-state index in [1.165, 1.54) is 10.4 Å². The molecule has 2 atom stereocenters. The third-order valence-electron chi connectivity index (χ3n) is 5.95. The minimum atomic E-state index is -0.129. The summed E-state index contributed by atoms with van der Waals surface area (Å²) in [5.74, 6) is 0.514. The number of ether oxygens (including phenoxy) is 1. The van der Waals surface area contributed by atoms with E-state index in [-0.39, 0.29) is 29.8 Å². The molecular formula is C21H31ClN2O3S. The number of nitrogens with one attached hydrogen (secondary N) is 1. The van der Waals surface area contributed by atoms with E-state index >= 15 is 0 Å². The van der Waals surface area contributed by atoms with Gasteiger partial charge in [0.25, 0.3) is 0 Å². The number of likely N-dealkylation sites (tertiary alicyclic amines) is 1. The van der Waals surface area contributed by atoms with E-state index in [1.807, 2.05) is 4.90 Å². The summed E-state index contributed by atoms with van der Waals surface area (Å²) >= 11 is 7.43. The van der Waals surface area contributed by atoms with Crippen molar-refractivity contribution >= 4 is 34.8 Å². The van der Waals surface area contributed by atoms with Crippen molar-refractivity contribution in [3.05, 3.63) is 21.9 Å². The van der Waals surface area contributed by atoms with Crippen LogP contribution >= 0.6 is 22.9 Å². The van der Waals surface area contributed by atoms with Crippen LogP contribution in [0.15, 0.2) is 11.4 Å². The SMILES string of the molecule is Cc1ccsc1CCCC(=O)N1CCC(C2OCCCC2NC(=O)CCl)CC1. The molecule has 0 aliphatic carbocycles. The van der Waals surface area contributed by atoms with Crippen molar-refractivity contribution in [1.82, 2.24) is 10.2 Å². The summed E-state index contributed by atoms with van der Waals surface area (Å²) in [7, 11) is 0. The summed E-state index contributed by atoms with van der Waals surface area (Å²) in [6, 6.07) is 2.18. The van der Waals surface area contributed by atoms with Gasteiger partial charge in [0.1, 0.15) is 5.88 Å². The zero-order chi connectivity index (χ0) is 19.9. The van der Waals surface area contributed by atoms with Crippen molar-refractivity contribution in [2.24, 2.45) is 5.92 Å². The van der Waals surface area contributed by atoms with Crippen LogP contribution in [0.4, 0.5) is 0 Å². The molecule has 3 heterocycles. The van der Waals surface area contributed by atoms with Gasteiger partial charge in [-0.15, -0.1) is 22.9 Å². The van der Waals surface area contributed by atoms with E-state index in [0.717, 1.165) is 58.2 Å².